The first-order valence-corrected chi connectivity index (χ1v) is 6.85. The first-order valence-electron chi connectivity index (χ1n) is 6.85. The van der Waals surface area contributed by atoms with Gasteiger partial charge in [-0.25, -0.2) is 0 Å². The number of rotatable bonds is 6. The van der Waals surface area contributed by atoms with Crippen molar-refractivity contribution in [3.05, 3.63) is 35.9 Å². The van der Waals surface area contributed by atoms with E-state index in [0.29, 0.717) is 12.5 Å². The van der Waals surface area contributed by atoms with E-state index >= 15 is 0 Å². The summed E-state index contributed by atoms with van der Waals surface area (Å²) in [5.74, 6) is -0.422. The zero-order valence-corrected chi connectivity index (χ0v) is 11.2. The van der Waals surface area contributed by atoms with Crippen molar-refractivity contribution in [2.45, 2.75) is 31.9 Å². The maximum Gasteiger partial charge on any atom is 0.325 e. The minimum absolute atomic E-state index is 0.262. The second kappa shape index (κ2) is 6.68. The predicted octanol–water partition coefficient (Wildman–Crippen LogP) is 2.22. The molecule has 0 spiro atoms. The molecule has 1 aliphatic heterocycles. The van der Waals surface area contributed by atoms with Crippen LogP contribution in [0.15, 0.2) is 30.3 Å². The summed E-state index contributed by atoms with van der Waals surface area (Å²) in [6, 6.07) is 8.66. The second-order valence-electron chi connectivity index (χ2n) is 4.96. The lowest BCUT2D eigenvalue weighted by Gasteiger charge is -2.21. The molecular formula is C15H21NO3. The maximum atomic E-state index is 11.4. The molecule has 1 saturated heterocycles. The Morgan fingerprint density at radius 3 is 2.84 bits per heavy atom. The fraction of sp³-hybridized carbons (Fsp3) is 0.533. The highest BCUT2D eigenvalue weighted by Gasteiger charge is 2.28. The number of ether oxygens (including phenoxy) is 1. The minimum atomic E-state index is -0.835. The SMILES string of the molecule is CCC1OCCC1CNC(C(=O)O)c1ccccc1. The summed E-state index contributed by atoms with van der Waals surface area (Å²) in [5, 5.41) is 12.5. The van der Waals surface area contributed by atoms with Crippen LogP contribution in [-0.2, 0) is 9.53 Å². The molecular weight excluding hydrogens is 242 g/mol. The van der Waals surface area contributed by atoms with E-state index in [4.69, 9.17) is 4.74 Å². The lowest BCUT2D eigenvalue weighted by Crippen LogP contribution is -2.35. The Morgan fingerprint density at radius 2 is 2.21 bits per heavy atom. The highest BCUT2D eigenvalue weighted by molar-refractivity contribution is 5.75. The maximum absolute atomic E-state index is 11.4. The molecule has 0 saturated carbocycles. The standard InChI is InChI=1S/C15H21NO3/c1-2-13-12(8-9-19-13)10-16-14(15(17)18)11-6-4-3-5-7-11/h3-7,12-14,16H,2,8-10H2,1H3,(H,17,18). The van der Waals surface area contributed by atoms with Gasteiger partial charge < -0.3 is 15.2 Å². The van der Waals surface area contributed by atoms with E-state index in [1.54, 1.807) is 0 Å². The van der Waals surface area contributed by atoms with Crippen LogP contribution in [0.4, 0.5) is 0 Å². The van der Waals surface area contributed by atoms with Gasteiger partial charge in [0.15, 0.2) is 0 Å². The number of benzene rings is 1. The van der Waals surface area contributed by atoms with Crippen LogP contribution in [0.1, 0.15) is 31.4 Å². The van der Waals surface area contributed by atoms with Gasteiger partial charge in [0.05, 0.1) is 6.10 Å². The second-order valence-corrected chi connectivity index (χ2v) is 4.96. The van der Waals surface area contributed by atoms with Crippen LogP contribution in [0.5, 0.6) is 0 Å². The number of nitrogens with one attached hydrogen (secondary N) is 1. The Balaban J connectivity index is 1.96. The molecule has 0 bridgehead atoms. The van der Waals surface area contributed by atoms with Crippen LogP contribution in [0.3, 0.4) is 0 Å². The Kier molecular flexibility index (Phi) is 4.93. The van der Waals surface area contributed by atoms with Crippen molar-refractivity contribution in [3.8, 4) is 0 Å². The Bertz CT molecular complexity index is 407. The molecule has 1 fully saturated rings. The Labute approximate surface area is 113 Å². The van der Waals surface area contributed by atoms with E-state index in [9.17, 15) is 9.90 Å². The van der Waals surface area contributed by atoms with Gasteiger partial charge in [-0.15, -0.1) is 0 Å². The summed E-state index contributed by atoms with van der Waals surface area (Å²) in [7, 11) is 0. The van der Waals surface area contributed by atoms with Gasteiger partial charge in [-0.3, -0.25) is 4.79 Å². The van der Waals surface area contributed by atoms with Crippen molar-refractivity contribution >= 4 is 5.97 Å². The van der Waals surface area contributed by atoms with Gasteiger partial charge in [0, 0.05) is 13.2 Å². The topological polar surface area (TPSA) is 58.6 Å². The molecule has 0 radical (unpaired) electrons. The summed E-state index contributed by atoms with van der Waals surface area (Å²) in [4.78, 5) is 11.4. The van der Waals surface area contributed by atoms with Crippen LogP contribution in [0.2, 0.25) is 0 Å². The zero-order valence-electron chi connectivity index (χ0n) is 11.2. The summed E-state index contributed by atoms with van der Waals surface area (Å²) in [6.45, 7) is 3.58. The molecule has 3 unspecified atom stereocenters. The molecule has 3 atom stereocenters. The van der Waals surface area contributed by atoms with Gasteiger partial charge in [-0.1, -0.05) is 37.3 Å². The first kappa shape index (κ1) is 14.0. The fourth-order valence-corrected chi connectivity index (χ4v) is 2.64. The number of hydrogen-bond donors (Lipinski definition) is 2. The summed E-state index contributed by atoms with van der Waals surface area (Å²) in [6.07, 6.45) is 2.25. The summed E-state index contributed by atoms with van der Waals surface area (Å²) >= 11 is 0. The van der Waals surface area contributed by atoms with E-state index < -0.39 is 12.0 Å². The lowest BCUT2D eigenvalue weighted by molar-refractivity contribution is -0.139. The fourth-order valence-electron chi connectivity index (χ4n) is 2.64. The molecule has 2 rings (SSSR count). The molecule has 4 nitrogen and oxygen atoms in total. The number of carbonyl (C=O) groups is 1. The minimum Gasteiger partial charge on any atom is -0.480 e. The Morgan fingerprint density at radius 1 is 1.47 bits per heavy atom. The van der Waals surface area contributed by atoms with Crippen LogP contribution < -0.4 is 5.32 Å². The molecule has 104 valence electrons. The highest BCUT2D eigenvalue weighted by atomic mass is 16.5. The van der Waals surface area contributed by atoms with Crippen molar-refractivity contribution in [2.24, 2.45) is 5.92 Å². The number of carboxylic acid groups (broad SMARTS) is 1. The van der Waals surface area contributed by atoms with Gasteiger partial charge in [0.2, 0.25) is 0 Å². The third-order valence-electron chi connectivity index (χ3n) is 3.71. The third-order valence-corrected chi connectivity index (χ3v) is 3.71. The molecule has 1 heterocycles. The van der Waals surface area contributed by atoms with Gasteiger partial charge >= 0.3 is 5.97 Å². The molecule has 19 heavy (non-hydrogen) atoms. The average molecular weight is 263 g/mol. The van der Waals surface area contributed by atoms with Crippen LogP contribution in [0.25, 0.3) is 0 Å². The monoisotopic (exact) mass is 263 g/mol. The van der Waals surface area contributed by atoms with Crippen molar-refractivity contribution < 1.29 is 14.6 Å². The quantitative estimate of drug-likeness (QED) is 0.826. The molecule has 4 heteroatoms. The number of carboxylic acids is 1. The van der Waals surface area contributed by atoms with Gasteiger partial charge in [0.25, 0.3) is 0 Å². The van der Waals surface area contributed by atoms with Crippen LogP contribution >= 0.6 is 0 Å². The predicted molar refractivity (Wildman–Crippen MR) is 73.0 cm³/mol. The molecule has 1 aromatic rings. The van der Waals surface area contributed by atoms with Crippen LogP contribution in [0, 0.1) is 5.92 Å². The number of aliphatic carboxylic acids is 1. The normalized spacial score (nSPS) is 24.3. The largest absolute Gasteiger partial charge is 0.480 e. The zero-order chi connectivity index (χ0) is 13.7. The smallest absolute Gasteiger partial charge is 0.325 e. The van der Waals surface area contributed by atoms with Gasteiger partial charge in [0.1, 0.15) is 6.04 Å². The van der Waals surface area contributed by atoms with Gasteiger partial charge in [-0.05, 0) is 24.3 Å². The van der Waals surface area contributed by atoms with E-state index in [2.05, 4.69) is 12.2 Å². The average Bonchev–Trinajstić information content (AvgIpc) is 2.87. The molecule has 0 aromatic heterocycles. The molecule has 1 aliphatic rings. The van der Waals surface area contributed by atoms with Crippen molar-refractivity contribution in [1.82, 2.24) is 5.32 Å². The molecule has 0 amide bonds. The van der Waals surface area contributed by atoms with E-state index in [0.717, 1.165) is 25.0 Å². The van der Waals surface area contributed by atoms with Crippen molar-refractivity contribution in [3.63, 3.8) is 0 Å². The number of hydrogen-bond acceptors (Lipinski definition) is 3. The van der Waals surface area contributed by atoms with Crippen molar-refractivity contribution in [2.75, 3.05) is 13.2 Å². The van der Waals surface area contributed by atoms with E-state index in [-0.39, 0.29) is 6.10 Å². The highest BCUT2D eigenvalue weighted by Crippen LogP contribution is 2.23. The van der Waals surface area contributed by atoms with Crippen molar-refractivity contribution in [1.29, 1.82) is 0 Å². The molecule has 2 N–H and O–H groups in total. The molecule has 1 aromatic carbocycles. The van der Waals surface area contributed by atoms with E-state index in [1.165, 1.54) is 0 Å². The lowest BCUT2D eigenvalue weighted by atomic mass is 9.98. The van der Waals surface area contributed by atoms with Crippen LogP contribution in [-0.4, -0.2) is 30.3 Å². The third kappa shape index (κ3) is 3.55. The van der Waals surface area contributed by atoms with Gasteiger partial charge in [-0.2, -0.15) is 0 Å². The first-order chi connectivity index (χ1) is 9.22. The summed E-state index contributed by atoms with van der Waals surface area (Å²) < 4.78 is 5.63. The Hall–Kier alpha value is -1.39. The summed E-state index contributed by atoms with van der Waals surface area (Å²) in [5.41, 5.74) is 0.793. The van der Waals surface area contributed by atoms with E-state index in [1.807, 2.05) is 30.3 Å². The molecule has 0 aliphatic carbocycles.